The summed E-state index contributed by atoms with van der Waals surface area (Å²) in [5.74, 6) is -0.558. The first-order chi connectivity index (χ1) is 13.6. The molecule has 1 fully saturated rings. The molecule has 10 heteroatoms. The number of hydrogen-bond donors (Lipinski definition) is 1. The van der Waals surface area contributed by atoms with Gasteiger partial charge in [-0.05, 0) is 49.4 Å². The molecule has 0 atom stereocenters. The molecule has 0 aliphatic heterocycles. The van der Waals surface area contributed by atoms with Crippen molar-refractivity contribution in [3.05, 3.63) is 59.5 Å². The average Bonchev–Trinajstić information content (AvgIpc) is 2.64. The van der Waals surface area contributed by atoms with Gasteiger partial charge in [0.05, 0.1) is 11.3 Å². The van der Waals surface area contributed by atoms with Gasteiger partial charge in [-0.2, -0.15) is 13.2 Å². The van der Waals surface area contributed by atoms with Gasteiger partial charge in [-0.1, -0.05) is 12.1 Å². The van der Waals surface area contributed by atoms with Crippen molar-refractivity contribution in [2.75, 3.05) is 0 Å². The van der Waals surface area contributed by atoms with Crippen molar-refractivity contribution in [1.82, 2.24) is 9.71 Å². The van der Waals surface area contributed by atoms with Crippen LogP contribution in [-0.2, 0) is 22.0 Å². The molecule has 0 spiro atoms. The van der Waals surface area contributed by atoms with Crippen molar-refractivity contribution in [2.45, 2.75) is 49.8 Å². The Morgan fingerprint density at radius 3 is 2.24 bits per heavy atom. The maximum atomic E-state index is 12.9. The zero-order chi connectivity index (χ0) is 21.1. The molecule has 1 aromatic carbocycles. The van der Waals surface area contributed by atoms with E-state index in [0.29, 0.717) is 31.2 Å². The normalized spacial score (nSPS) is 20.4. The van der Waals surface area contributed by atoms with Gasteiger partial charge >= 0.3 is 6.18 Å². The molecule has 0 saturated heterocycles. The summed E-state index contributed by atoms with van der Waals surface area (Å²) in [6.07, 6.45) is -1.79. The van der Waals surface area contributed by atoms with Crippen LogP contribution in [-0.4, -0.2) is 25.5 Å². The van der Waals surface area contributed by atoms with E-state index in [9.17, 15) is 26.0 Å². The molecule has 2 aromatic rings. The number of rotatable bonds is 6. The van der Waals surface area contributed by atoms with Crippen LogP contribution in [0.4, 0.5) is 17.6 Å². The molecule has 29 heavy (non-hydrogen) atoms. The summed E-state index contributed by atoms with van der Waals surface area (Å²) >= 11 is 0. The Bertz CT molecular complexity index is 908. The van der Waals surface area contributed by atoms with Crippen LogP contribution in [0.3, 0.4) is 0 Å². The van der Waals surface area contributed by atoms with Crippen LogP contribution in [0, 0.1) is 5.82 Å². The fraction of sp³-hybridized carbons (Fsp3) is 0.421. The van der Waals surface area contributed by atoms with Crippen LogP contribution in [0.25, 0.3) is 0 Å². The minimum atomic E-state index is -4.45. The summed E-state index contributed by atoms with van der Waals surface area (Å²) in [6, 6.07) is 7.12. The van der Waals surface area contributed by atoms with Gasteiger partial charge in [0.15, 0.2) is 0 Å². The second-order valence-corrected chi connectivity index (χ2v) is 8.73. The predicted molar refractivity (Wildman–Crippen MR) is 98.1 cm³/mol. The molecule has 1 aliphatic carbocycles. The summed E-state index contributed by atoms with van der Waals surface area (Å²) in [5.41, 5.74) is -0.353. The summed E-state index contributed by atoms with van der Waals surface area (Å²) < 4.78 is 83.5. The van der Waals surface area contributed by atoms with Gasteiger partial charge < -0.3 is 4.74 Å². The third-order valence-electron chi connectivity index (χ3n) is 4.64. The lowest BCUT2D eigenvalue weighted by atomic mass is 9.94. The van der Waals surface area contributed by atoms with Gasteiger partial charge in [0.1, 0.15) is 11.9 Å². The first-order valence-corrected chi connectivity index (χ1v) is 10.7. The molecule has 5 nitrogen and oxygen atoms in total. The Labute approximate surface area is 166 Å². The van der Waals surface area contributed by atoms with Crippen molar-refractivity contribution in [1.29, 1.82) is 0 Å². The molecular formula is C19H20F4N2O3S. The highest BCUT2D eigenvalue weighted by Gasteiger charge is 2.31. The highest BCUT2D eigenvalue weighted by molar-refractivity contribution is 7.88. The zero-order valence-electron chi connectivity index (χ0n) is 15.3. The maximum Gasteiger partial charge on any atom is 0.417 e. The number of hydrogen-bond acceptors (Lipinski definition) is 4. The lowest BCUT2D eigenvalue weighted by Crippen LogP contribution is -2.40. The Hall–Kier alpha value is -2.20. The number of benzene rings is 1. The molecule has 1 aliphatic rings. The van der Waals surface area contributed by atoms with E-state index in [4.69, 9.17) is 4.74 Å². The summed E-state index contributed by atoms with van der Waals surface area (Å²) in [4.78, 5) is 3.69. The highest BCUT2D eigenvalue weighted by atomic mass is 32.2. The van der Waals surface area contributed by atoms with E-state index in [1.54, 1.807) is 0 Å². The Balaban J connectivity index is 1.48. The SMILES string of the molecule is O=S(=O)(Cc1ccc(F)cc1)NC1CCC(Oc2ccc(C(F)(F)F)cn2)CC1. The number of alkyl halides is 3. The molecule has 0 radical (unpaired) electrons. The quantitative estimate of drug-likeness (QED) is 0.700. The minimum absolute atomic E-state index is 0.110. The molecule has 0 bridgehead atoms. The zero-order valence-corrected chi connectivity index (χ0v) is 16.1. The fourth-order valence-corrected chi connectivity index (χ4v) is 4.64. The van der Waals surface area contributed by atoms with Crippen LogP contribution in [0.2, 0.25) is 0 Å². The predicted octanol–water partition coefficient (Wildman–Crippen LogP) is 4.05. The monoisotopic (exact) mass is 432 g/mol. The Kier molecular flexibility index (Phi) is 6.42. The Morgan fingerprint density at radius 1 is 1.03 bits per heavy atom. The lowest BCUT2D eigenvalue weighted by Gasteiger charge is -2.29. The van der Waals surface area contributed by atoms with Crippen molar-refractivity contribution in [2.24, 2.45) is 0 Å². The van der Waals surface area contributed by atoms with Crippen LogP contribution >= 0.6 is 0 Å². The van der Waals surface area contributed by atoms with Gasteiger partial charge in [-0.3, -0.25) is 0 Å². The molecule has 3 rings (SSSR count). The highest BCUT2D eigenvalue weighted by Crippen LogP contribution is 2.30. The van der Waals surface area contributed by atoms with Crippen LogP contribution < -0.4 is 9.46 Å². The minimum Gasteiger partial charge on any atom is -0.474 e. The number of nitrogens with zero attached hydrogens (tertiary/aromatic N) is 1. The number of nitrogens with one attached hydrogen (secondary N) is 1. The molecule has 0 unspecified atom stereocenters. The standard InChI is InChI=1S/C19H20F4N2O3S/c20-15-4-1-13(2-5-15)12-29(26,27)25-16-6-8-17(9-7-16)28-18-10-3-14(11-24-18)19(21,22)23/h1-5,10-11,16-17,25H,6-9,12H2. The molecular weight excluding hydrogens is 412 g/mol. The summed E-state index contributed by atoms with van der Waals surface area (Å²) in [5, 5.41) is 0. The number of aromatic nitrogens is 1. The van der Waals surface area contributed by atoms with Crippen LogP contribution in [0.15, 0.2) is 42.6 Å². The van der Waals surface area contributed by atoms with E-state index >= 15 is 0 Å². The summed E-state index contributed by atoms with van der Waals surface area (Å²) in [7, 11) is -3.57. The van der Waals surface area contributed by atoms with Crippen molar-refractivity contribution >= 4 is 10.0 Å². The largest absolute Gasteiger partial charge is 0.474 e. The third kappa shape index (κ3) is 6.40. The van der Waals surface area contributed by atoms with Crippen LogP contribution in [0.1, 0.15) is 36.8 Å². The van der Waals surface area contributed by atoms with Crippen molar-refractivity contribution in [3.63, 3.8) is 0 Å². The molecule has 1 N–H and O–H groups in total. The van der Waals surface area contributed by atoms with Crippen molar-refractivity contribution < 1.29 is 30.7 Å². The van der Waals surface area contributed by atoms with Gasteiger partial charge in [-0.25, -0.2) is 22.5 Å². The smallest absolute Gasteiger partial charge is 0.417 e. The first-order valence-electron chi connectivity index (χ1n) is 9.05. The fourth-order valence-electron chi connectivity index (χ4n) is 3.18. The number of sulfonamides is 1. The van der Waals surface area contributed by atoms with Gasteiger partial charge in [0.2, 0.25) is 15.9 Å². The Morgan fingerprint density at radius 2 is 1.69 bits per heavy atom. The molecule has 1 aromatic heterocycles. The van der Waals surface area contributed by atoms with E-state index < -0.39 is 27.6 Å². The lowest BCUT2D eigenvalue weighted by molar-refractivity contribution is -0.137. The second-order valence-electron chi connectivity index (χ2n) is 6.98. The van der Waals surface area contributed by atoms with E-state index in [1.165, 1.54) is 30.3 Å². The van der Waals surface area contributed by atoms with E-state index in [0.717, 1.165) is 12.3 Å². The number of pyridine rings is 1. The molecule has 1 saturated carbocycles. The van der Waals surface area contributed by atoms with E-state index in [-0.39, 0.29) is 23.8 Å². The maximum absolute atomic E-state index is 12.9. The topological polar surface area (TPSA) is 68.3 Å². The first kappa shape index (κ1) is 21.5. The second kappa shape index (κ2) is 8.66. The van der Waals surface area contributed by atoms with Crippen LogP contribution in [0.5, 0.6) is 5.88 Å². The van der Waals surface area contributed by atoms with Crippen molar-refractivity contribution in [3.8, 4) is 5.88 Å². The average molecular weight is 432 g/mol. The van der Waals surface area contributed by atoms with E-state index in [1.807, 2.05) is 0 Å². The molecule has 1 heterocycles. The molecule has 0 amide bonds. The van der Waals surface area contributed by atoms with Gasteiger partial charge in [0, 0.05) is 18.3 Å². The van der Waals surface area contributed by atoms with Gasteiger partial charge in [0.25, 0.3) is 0 Å². The summed E-state index contributed by atoms with van der Waals surface area (Å²) in [6.45, 7) is 0. The van der Waals surface area contributed by atoms with Gasteiger partial charge in [-0.15, -0.1) is 0 Å². The number of halogens is 4. The molecule has 158 valence electrons. The number of ether oxygens (including phenoxy) is 1. The third-order valence-corrected chi connectivity index (χ3v) is 6.05. The van der Waals surface area contributed by atoms with E-state index in [2.05, 4.69) is 9.71 Å².